The fourth-order valence-corrected chi connectivity index (χ4v) is 3.08. The molecule has 2 heterocycles. The molecule has 0 saturated carbocycles. The molecule has 0 bridgehead atoms. The van der Waals surface area contributed by atoms with E-state index in [1.54, 1.807) is 21.3 Å². The predicted molar refractivity (Wildman–Crippen MR) is 95.4 cm³/mol. The molecule has 1 aromatic rings. The van der Waals surface area contributed by atoms with Gasteiger partial charge in [0.1, 0.15) is 0 Å². The Kier molecular flexibility index (Phi) is 3.97. The van der Waals surface area contributed by atoms with Crippen LogP contribution in [0.25, 0.3) is 0 Å². The first-order chi connectivity index (χ1) is 10.7. The number of benzene rings is 1. The van der Waals surface area contributed by atoms with Gasteiger partial charge in [0.15, 0.2) is 0 Å². The number of fused-ring (bicyclic) bond motifs is 3. The molecule has 0 spiro atoms. The molecule has 2 unspecified atom stereocenters. The summed E-state index contributed by atoms with van der Waals surface area (Å²) in [5, 5.41) is 13.5. The summed E-state index contributed by atoms with van der Waals surface area (Å²) in [6.45, 7) is 8.30. The fraction of sp³-hybridized carbons (Fsp3) is 0.556. The van der Waals surface area contributed by atoms with Gasteiger partial charge in [0.05, 0.1) is 17.2 Å². The third-order valence-corrected chi connectivity index (χ3v) is 5.41. The second-order valence-electron chi connectivity index (χ2n) is 7.60. The minimum absolute atomic E-state index is 0.426. The summed E-state index contributed by atoms with van der Waals surface area (Å²) < 4.78 is 5.87. The minimum atomic E-state index is -0.914. The Bertz CT molecular complexity index is 622. The number of rotatable bonds is 4. The fourth-order valence-electron chi connectivity index (χ4n) is 3.08. The summed E-state index contributed by atoms with van der Waals surface area (Å²) in [7, 11) is 3.90. The second kappa shape index (κ2) is 5.57. The van der Waals surface area contributed by atoms with Crippen molar-refractivity contribution in [3.63, 3.8) is 0 Å². The molecular formula is C18H26BN2O2. The molecule has 123 valence electrons. The molecule has 2 atom stereocenters. The number of anilines is 1. The lowest BCUT2D eigenvalue weighted by Crippen LogP contribution is -2.49. The lowest BCUT2D eigenvalue weighted by atomic mass is 9.81. The summed E-state index contributed by atoms with van der Waals surface area (Å²) >= 11 is 0. The van der Waals surface area contributed by atoms with E-state index in [0.717, 1.165) is 12.0 Å². The van der Waals surface area contributed by atoms with Crippen LogP contribution in [0.2, 0.25) is 0 Å². The van der Waals surface area contributed by atoms with E-state index >= 15 is 0 Å². The van der Waals surface area contributed by atoms with Gasteiger partial charge in [0.25, 0.3) is 0 Å². The summed E-state index contributed by atoms with van der Waals surface area (Å²) in [6.07, 6.45) is 4.27. The van der Waals surface area contributed by atoms with E-state index in [2.05, 4.69) is 41.5 Å². The van der Waals surface area contributed by atoms with Crippen LogP contribution in [0.3, 0.4) is 0 Å². The smallest absolute Gasteiger partial charge is 0.330 e. The molecule has 4 nitrogen and oxygen atoms in total. The van der Waals surface area contributed by atoms with E-state index < -0.39 is 11.2 Å². The zero-order valence-electron chi connectivity index (χ0n) is 14.6. The Balaban J connectivity index is 1.78. The number of nitrogens with zero attached hydrogens (tertiary/aromatic N) is 1. The van der Waals surface area contributed by atoms with Crippen LogP contribution < -0.4 is 15.7 Å². The van der Waals surface area contributed by atoms with E-state index in [0.29, 0.717) is 12.0 Å². The van der Waals surface area contributed by atoms with Gasteiger partial charge in [0, 0.05) is 25.2 Å². The highest BCUT2D eigenvalue weighted by molar-refractivity contribution is 6.47. The molecule has 23 heavy (non-hydrogen) atoms. The molecule has 2 aliphatic rings. The van der Waals surface area contributed by atoms with Gasteiger partial charge in [-0.1, -0.05) is 17.6 Å². The van der Waals surface area contributed by atoms with Gasteiger partial charge in [-0.3, -0.25) is 0 Å². The highest BCUT2D eigenvalue weighted by Gasteiger charge is 2.37. The van der Waals surface area contributed by atoms with Crippen molar-refractivity contribution in [3.05, 3.63) is 36.0 Å². The van der Waals surface area contributed by atoms with Gasteiger partial charge in [-0.2, -0.15) is 0 Å². The normalized spacial score (nSPS) is 23.3. The number of hydrogen-bond donors (Lipinski definition) is 2. The number of likely N-dealkylation sites (N-methyl/N-ethyl adjacent to an activating group) is 1. The Morgan fingerprint density at radius 3 is 2.74 bits per heavy atom. The van der Waals surface area contributed by atoms with Crippen LogP contribution in [0.1, 0.15) is 39.2 Å². The molecule has 2 N–H and O–H groups in total. The van der Waals surface area contributed by atoms with Crippen molar-refractivity contribution in [2.45, 2.75) is 50.9 Å². The average molecular weight is 313 g/mol. The predicted octanol–water partition coefficient (Wildman–Crippen LogP) is 1.52. The Labute approximate surface area is 139 Å². The number of nitrogens with one attached hydrogen (secondary N) is 1. The summed E-state index contributed by atoms with van der Waals surface area (Å²) in [6, 6.07) is 6.88. The molecule has 2 aliphatic heterocycles. The lowest BCUT2D eigenvalue weighted by Gasteiger charge is -2.37. The van der Waals surface area contributed by atoms with E-state index in [9.17, 15) is 5.11 Å². The third kappa shape index (κ3) is 2.88. The van der Waals surface area contributed by atoms with Gasteiger partial charge in [0.2, 0.25) is 0 Å². The van der Waals surface area contributed by atoms with E-state index in [-0.39, 0.29) is 0 Å². The third-order valence-electron chi connectivity index (χ3n) is 5.41. The van der Waals surface area contributed by atoms with Crippen LogP contribution in [0.5, 0.6) is 0 Å². The standard InChI is InChI=1S/C18H26BN2O2/c1-17(2,22)18(3,4)23-19-12-6-7-13-14-11-20-9-8-15(14)21(5)16(13)10-12/h6-10,14-15,20,22H,11H2,1-5H3. The van der Waals surface area contributed by atoms with Crippen molar-refractivity contribution in [2.24, 2.45) is 0 Å². The van der Waals surface area contributed by atoms with Crippen molar-refractivity contribution in [2.75, 3.05) is 18.5 Å². The van der Waals surface area contributed by atoms with Crippen molar-refractivity contribution < 1.29 is 9.76 Å². The first kappa shape index (κ1) is 16.4. The molecule has 0 aromatic heterocycles. The Morgan fingerprint density at radius 2 is 2.04 bits per heavy atom. The molecule has 0 fully saturated rings. The van der Waals surface area contributed by atoms with Crippen LogP contribution in [0.15, 0.2) is 30.5 Å². The zero-order chi connectivity index (χ0) is 16.8. The van der Waals surface area contributed by atoms with Crippen LogP contribution in [-0.4, -0.2) is 43.4 Å². The minimum Gasteiger partial charge on any atom is -0.427 e. The van der Waals surface area contributed by atoms with Gasteiger partial charge >= 0.3 is 7.48 Å². The number of hydrogen-bond acceptors (Lipinski definition) is 4. The van der Waals surface area contributed by atoms with Crippen LogP contribution >= 0.6 is 0 Å². The largest absolute Gasteiger partial charge is 0.427 e. The van der Waals surface area contributed by atoms with Crippen LogP contribution in [-0.2, 0) is 4.65 Å². The number of aliphatic hydroxyl groups is 1. The first-order valence-corrected chi connectivity index (χ1v) is 8.21. The molecule has 0 aliphatic carbocycles. The quantitative estimate of drug-likeness (QED) is 0.827. The van der Waals surface area contributed by atoms with Gasteiger partial charge < -0.3 is 20.0 Å². The summed E-state index contributed by atoms with van der Waals surface area (Å²) in [5.41, 5.74) is 2.09. The summed E-state index contributed by atoms with van der Waals surface area (Å²) in [4.78, 5) is 2.33. The maximum Gasteiger partial charge on any atom is 0.330 e. The lowest BCUT2D eigenvalue weighted by molar-refractivity contribution is -0.0893. The Hall–Kier alpha value is -1.46. The van der Waals surface area contributed by atoms with Crippen LogP contribution in [0, 0.1) is 0 Å². The summed E-state index contributed by atoms with van der Waals surface area (Å²) in [5.74, 6) is 0.503. The van der Waals surface area contributed by atoms with Gasteiger partial charge in [-0.15, -0.1) is 0 Å². The SMILES string of the molecule is CN1c2cc([B]OC(C)(C)C(C)(C)O)ccc2C2CNC=CC21. The zero-order valence-corrected chi connectivity index (χ0v) is 14.6. The van der Waals surface area contributed by atoms with E-state index in [4.69, 9.17) is 4.65 Å². The van der Waals surface area contributed by atoms with E-state index in [1.807, 2.05) is 20.0 Å². The molecule has 1 radical (unpaired) electrons. The van der Waals surface area contributed by atoms with Gasteiger partial charge in [-0.25, -0.2) is 0 Å². The molecule has 0 amide bonds. The average Bonchev–Trinajstić information content (AvgIpc) is 2.78. The second-order valence-corrected chi connectivity index (χ2v) is 7.60. The molecule has 1 aromatic carbocycles. The van der Waals surface area contributed by atoms with E-state index in [1.165, 1.54) is 11.3 Å². The monoisotopic (exact) mass is 313 g/mol. The van der Waals surface area contributed by atoms with Gasteiger partial charge in [-0.05, 0) is 51.6 Å². The first-order valence-electron chi connectivity index (χ1n) is 8.21. The highest BCUT2D eigenvalue weighted by Crippen LogP contribution is 2.40. The highest BCUT2D eigenvalue weighted by atomic mass is 16.5. The Morgan fingerprint density at radius 1 is 1.30 bits per heavy atom. The molecule has 3 rings (SSSR count). The van der Waals surface area contributed by atoms with Crippen molar-refractivity contribution in [1.29, 1.82) is 0 Å². The topological polar surface area (TPSA) is 44.7 Å². The molecule has 0 saturated heterocycles. The molecular weight excluding hydrogens is 287 g/mol. The van der Waals surface area contributed by atoms with Crippen LogP contribution in [0.4, 0.5) is 5.69 Å². The maximum absolute atomic E-state index is 10.2. The van der Waals surface area contributed by atoms with Crippen molar-refractivity contribution >= 4 is 18.6 Å². The maximum atomic E-state index is 10.2. The van der Waals surface area contributed by atoms with Crippen molar-refractivity contribution in [3.8, 4) is 0 Å². The van der Waals surface area contributed by atoms with Crippen molar-refractivity contribution in [1.82, 2.24) is 5.32 Å². The molecule has 5 heteroatoms.